The first-order chi connectivity index (χ1) is 7.36. The molecule has 15 heavy (non-hydrogen) atoms. The van der Waals surface area contributed by atoms with Gasteiger partial charge in [-0.05, 0) is 10.8 Å². The zero-order chi connectivity index (χ0) is 10.7. The van der Waals surface area contributed by atoms with Crippen molar-refractivity contribution < 1.29 is 9.16 Å². The van der Waals surface area contributed by atoms with E-state index in [0.717, 1.165) is 16.3 Å². The van der Waals surface area contributed by atoms with E-state index >= 15 is 0 Å². The molecule has 2 aromatic rings. The maximum atomic E-state index is 5.13. The molecule has 0 aromatic heterocycles. The van der Waals surface area contributed by atoms with Gasteiger partial charge in [-0.1, -0.05) is 42.5 Å². The summed E-state index contributed by atoms with van der Waals surface area (Å²) in [5, 5.41) is 2.25. The van der Waals surface area contributed by atoms with E-state index in [1.54, 1.807) is 7.11 Å². The van der Waals surface area contributed by atoms with Crippen LogP contribution in [0.2, 0.25) is 0 Å². The average Bonchev–Trinajstić information content (AvgIpc) is 2.31. The number of benzene rings is 2. The van der Waals surface area contributed by atoms with Gasteiger partial charge in [0.25, 0.3) is 0 Å². The van der Waals surface area contributed by atoms with Crippen molar-refractivity contribution in [2.45, 2.75) is 0 Å². The van der Waals surface area contributed by atoms with Crippen LogP contribution in [0, 0.1) is 7.11 Å². The van der Waals surface area contributed by atoms with Crippen molar-refractivity contribution in [3.63, 3.8) is 0 Å². The molecule has 0 N–H and O–H groups in total. The molecule has 0 atom stereocenters. The van der Waals surface area contributed by atoms with Crippen molar-refractivity contribution in [1.29, 1.82) is 0 Å². The van der Waals surface area contributed by atoms with E-state index in [1.165, 1.54) is 0 Å². The zero-order valence-corrected chi connectivity index (χ0v) is 8.57. The number of esters is 1. The highest BCUT2D eigenvalue weighted by Crippen LogP contribution is 2.19. The van der Waals surface area contributed by atoms with E-state index in [-0.39, 0.29) is 0 Å². The van der Waals surface area contributed by atoms with Crippen LogP contribution in [0.25, 0.3) is 10.8 Å². The van der Waals surface area contributed by atoms with Crippen LogP contribution in [-0.4, -0.2) is 13.1 Å². The van der Waals surface area contributed by atoms with E-state index in [9.17, 15) is 0 Å². The first-order valence-electron chi connectivity index (χ1n) is 4.68. The topological polar surface area (TPSA) is 20.5 Å². The molecule has 2 heteroatoms. The molecular weight excluding hydrogens is 188 g/mol. The standard InChI is InChI=1S/C13H12O2/c1-14-13(15-2)12-9-5-7-10-6-3-4-8-11(10)12/h3-9H,1H2,2H3. The summed E-state index contributed by atoms with van der Waals surface area (Å²) in [6.45, 7) is 0. The van der Waals surface area contributed by atoms with Crippen molar-refractivity contribution >= 4 is 16.7 Å². The molecule has 0 saturated heterocycles. The molecule has 0 aliphatic rings. The van der Waals surface area contributed by atoms with Gasteiger partial charge >= 0.3 is 5.97 Å². The van der Waals surface area contributed by atoms with Gasteiger partial charge in [0, 0.05) is 12.7 Å². The van der Waals surface area contributed by atoms with Crippen LogP contribution < -0.4 is 0 Å². The van der Waals surface area contributed by atoms with Crippen LogP contribution in [0.4, 0.5) is 0 Å². The van der Waals surface area contributed by atoms with Gasteiger partial charge in [0.1, 0.15) is 0 Å². The van der Waals surface area contributed by atoms with Gasteiger partial charge in [0.05, 0.1) is 0 Å². The molecule has 0 amide bonds. The first kappa shape index (κ1) is 9.59. The molecule has 0 spiro atoms. The fourth-order valence-electron chi connectivity index (χ4n) is 1.65. The van der Waals surface area contributed by atoms with Crippen LogP contribution in [0.1, 0.15) is 9.99 Å². The van der Waals surface area contributed by atoms with Crippen molar-refractivity contribution in [2.24, 2.45) is 0 Å². The summed E-state index contributed by atoms with van der Waals surface area (Å²) < 4.78 is 10.1. The van der Waals surface area contributed by atoms with Crippen LogP contribution in [0.3, 0.4) is 0 Å². The Kier molecular flexibility index (Phi) is 2.59. The minimum absolute atomic E-state index is 0.437. The van der Waals surface area contributed by atoms with Gasteiger partial charge < -0.3 is 9.16 Å². The fourth-order valence-corrected chi connectivity index (χ4v) is 1.65. The SMILES string of the molecule is [CH2-]/[O+]=C(\OC)c1cccc2ccccc12. The van der Waals surface area contributed by atoms with E-state index in [4.69, 9.17) is 9.16 Å². The van der Waals surface area contributed by atoms with Gasteiger partial charge in [-0.2, -0.15) is 0 Å². The number of carbonyl (C=O) groups excluding carboxylic acids is 1. The predicted octanol–water partition coefficient (Wildman–Crippen LogP) is 2.95. The van der Waals surface area contributed by atoms with Crippen molar-refractivity contribution in [3.05, 3.63) is 55.1 Å². The van der Waals surface area contributed by atoms with Gasteiger partial charge in [-0.3, -0.25) is 0 Å². The molecule has 76 valence electrons. The van der Waals surface area contributed by atoms with Gasteiger partial charge in [-0.25, -0.2) is 0 Å². The van der Waals surface area contributed by atoms with Gasteiger partial charge in [0.2, 0.25) is 0 Å². The molecular formula is C13H12O2. The van der Waals surface area contributed by atoms with E-state index in [2.05, 4.69) is 19.2 Å². The maximum absolute atomic E-state index is 5.13. The highest BCUT2D eigenvalue weighted by atomic mass is 16.6. The summed E-state index contributed by atoms with van der Waals surface area (Å²) in [4.78, 5) is 0. The van der Waals surface area contributed by atoms with Crippen molar-refractivity contribution in [2.75, 3.05) is 7.11 Å². The molecule has 0 saturated carbocycles. The molecule has 2 rings (SSSR count). The second kappa shape index (κ2) is 4.05. The molecule has 2 aromatic carbocycles. The highest BCUT2D eigenvalue weighted by molar-refractivity contribution is 6.04. The second-order valence-electron chi connectivity index (χ2n) is 3.16. The quantitative estimate of drug-likeness (QED) is 0.394. The monoisotopic (exact) mass is 200 g/mol. The van der Waals surface area contributed by atoms with Crippen molar-refractivity contribution in [3.8, 4) is 0 Å². The number of ether oxygens (including phenoxy) is 1. The van der Waals surface area contributed by atoms with Crippen LogP contribution in [-0.2, 0) is 4.74 Å². The summed E-state index contributed by atoms with van der Waals surface area (Å²) >= 11 is 0. The van der Waals surface area contributed by atoms with Crippen LogP contribution in [0.5, 0.6) is 0 Å². The summed E-state index contributed by atoms with van der Waals surface area (Å²) in [5.41, 5.74) is 0.922. The molecule has 0 bridgehead atoms. The van der Waals surface area contributed by atoms with E-state index in [0.29, 0.717) is 5.97 Å². The third-order valence-electron chi connectivity index (χ3n) is 2.33. The minimum atomic E-state index is 0.437. The lowest BCUT2D eigenvalue weighted by molar-refractivity contribution is -0.199. The normalized spacial score (nSPS) is 11.7. The maximum Gasteiger partial charge on any atom is 0.369 e. The average molecular weight is 200 g/mol. The number of hydrogen-bond donors (Lipinski definition) is 0. The number of rotatable bonds is 1. The Hall–Kier alpha value is -1.96. The summed E-state index contributed by atoms with van der Waals surface area (Å²) in [7, 11) is 4.95. The second-order valence-corrected chi connectivity index (χ2v) is 3.16. The van der Waals surface area contributed by atoms with Crippen LogP contribution in [0.15, 0.2) is 42.5 Å². The number of fused-ring (bicyclic) bond motifs is 1. The Labute approximate surface area is 88.8 Å². The lowest BCUT2D eigenvalue weighted by Gasteiger charge is -2.05. The number of hydrogen-bond acceptors (Lipinski definition) is 1. The third kappa shape index (κ3) is 1.66. The van der Waals surface area contributed by atoms with Crippen LogP contribution >= 0.6 is 0 Å². The fraction of sp³-hybridized carbons (Fsp3) is 0.0769. The highest BCUT2D eigenvalue weighted by Gasteiger charge is 2.09. The Morgan fingerprint density at radius 1 is 1.13 bits per heavy atom. The van der Waals surface area contributed by atoms with Gasteiger partial charge in [0.15, 0.2) is 7.11 Å². The smallest absolute Gasteiger partial charge is 0.369 e. The molecule has 0 fully saturated rings. The predicted molar refractivity (Wildman–Crippen MR) is 60.6 cm³/mol. The third-order valence-corrected chi connectivity index (χ3v) is 2.33. The largest absolute Gasteiger partial charge is 0.466 e. The molecule has 0 radical (unpaired) electrons. The molecule has 2 nitrogen and oxygen atoms in total. The molecule has 0 aliphatic carbocycles. The van der Waals surface area contributed by atoms with E-state index < -0.39 is 0 Å². The summed E-state index contributed by atoms with van der Waals surface area (Å²) in [5.74, 6) is 0.437. The molecule has 0 unspecified atom stereocenters. The Morgan fingerprint density at radius 3 is 2.60 bits per heavy atom. The zero-order valence-electron chi connectivity index (χ0n) is 8.57. The van der Waals surface area contributed by atoms with E-state index in [1.807, 2.05) is 30.3 Å². The Bertz CT molecular complexity index is 495. The first-order valence-corrected chi connectivity index (χ1v) is 4.68. The number of methoxy groups -OCH3 is 1. The lowest BCUT2D eigenvalue weighted by atomic mass is 10.1. The lowest BCUT2D eigenvalue weighted by Crippen LogP contribution is -2.03. The summed E-state index contributed by atoms with van der Waals surface area (Å²) in [6.07, 6.45) is 0. The Balaban J connectivity index is 2.71. The minimum Gasteiger partial charge on any atom is -0.466 e. The van der Waals surface area contributed by atoms with Crippen molar-refractivity contribution in [1.82, 2.24) is 0 Å². The summed E-state index contributed by atoms with van der Waals surface area (Å²) in [6, 6.07) is 14.0. The molecule has 0 aliphatic heterocycles. The van der Waals surface area contributed by atoms with Gasteiger partial charge in [-0.15, -0.1) is 0 Å². The Morgan fingerprint density at radius 2 is 1.87 bits per heavy atom. The molecule has 0 heterocycles.